The summed E-state index contributed by atoms with van der Waals surface area (Å²) in [6.07, 6.45) is 5.74. The average Bonchev–Trinajstić information content (AvgIpc) is 2.47. The van der Waals surface area contributed by atoms with Gasteiger partial charge in [0.2, 0.25) is 0 Å². The first-order valence-corrected chi connectivity index (χ1v) is 6.77. The molecule has 0 aromatic rings. The molecule has 2 nitrogen and oxygen atoms in total. The Kier molecular flexibility index (Phi) is 3.40. The van der Waals surface area contributed by atoms with Crippen LogP contribution in [0.15, 0.2) is 0 Å². The first-order chi connectivity index (χ1) is 6.68. The molecule has 0 bridgehead atoms. The molecule has 1 N–H and O–H groups in total. The fourth-order valence-corrected chi connectivity index (χ4v) is 3.88. The number of thioether (sulfide) groups is 1. The molecule has 14 heavy (non-hydrogen) atoms. The third-order valence-electron chi connectivity index (χ3n) is 3.12. The number of hydrogen-bond acceptors (Lipinski definition) is 3. The van der Waals surface area contributed by atoms with Crippen molar-refractivity contribution in [2.75, 3.05) is 12.3 Å². The predicted octanol–water partition coefficient (Wildman–Crippen LogP) is 2.39. The van der Waals surface area contributed by atoms with E-state index in [2.05, 4.69) is 30.9 Å². The molecule has 2 rings (SSSR count). The van der Waals surface area contributed by atoms with Gasteiger partial charge in [-0.2, -0.15) is 11.8 Å². The second-order valence-corrected chi connectivity index (χ2v) is 6.14. The van der Waals surface area contributed by atoms with Crippen LogP contribution in [0.25, 0.3) is 0 Å². The zero-order chi connectivity index (χ0) is 10.0. The molecule has 0 radical (unpaired) electrons. The summed E-state index contributed by atoms with van der Waals surface area (Å²) in [5.41, 5.74) is -0.0472. The highest BCUT2D eigenvalue weighted by molar-refractivity contribution is 7.99. The van der Waals surface area contributed by atoms with E-state index in [1.54, 1.807) is 0 Å². The molecule has 0 aliphatic carbocycles. The first-order valence-electron chi connectivity index (χ1n) is 5.72. The molecule has 2 aliphatic rings. The van der Waals surface area contributed by atoms with E-state index in [0.29, 0.717) is 6.10 Å². The summed E-state index contributed by atoms with van der Waals surface area (Å²) in [6, 6.07) is 0. The van der Waals surface area contributed by atoms with Crippen molar-refractivity contribution in [1.82, 2.24) is 5.32 Å². The summed E-state index contributed by atoms with van der Waals surface area (Å²) in [7, 11) is 0. The van der Waals surface area contributed by atoms with Gasteiger partial charge in [0.05, 0.1) is 6.10 Å². The summed E-state index contributed by atoms with van der Waals surface area (Å²) < 4.78 is 5.93. The summed E-state index contributed by atoms with van der Waals surface area (Å²) in [5, 5.41) is 4.31. The number of ether oxygens (including phenoxy) is 1. The highest BCUT2D eigenvalue weighted by Gasteiger charge is 2.35. The van der Waals surface area contributed by atoms with Gasteiger partial charge < -0.3 is 4.74 Å². The first kappa shape index (κ1) is 10.8. The molecule has 0 aromatic carbocycles. The Bertz CT molecular complexity index is 194. The Morgan fingerprint density at radius 2 is 2.36 bits per heavy atom. The SMILES string of the molecule is CC1CNC(C)(CC2CCCCS2)O1. The van der Waals surface area contributed by atoms with Crippen molar-refractivity contribution in [1.29, 1.82) is 0 Å². The Balaban J connectivity index is 1.83. The van der Waals surface area contributed by atoms with Crippen LogP contribution in [0.5, 0.6) is 0 Å². The number of hydrogen-bond donors (Lipinski definition) is 1. The van der Waals surface area contributed by atoms with Crippen molar-refractivity contribution in [3.63, 3.8) is 0 Å². The minimum Gasteiger partial charge on any atom is -0.357 e. The van der Waals surface area contributed by atoms with Crippen LogP contribution in [-0.2, 0) is 4.74 Å². The van der Waals surface area contributed by atoms with Crippen LogP contribution < -0.4 is 5.32 Å². The average molecular weight is 215 g/mol. The summed E-state index contributed by atoms with van der Waals surface area (Å²) in [4.78, 5) is 0. The fraction of sp³-hybridized carbons (Fsp3) is 1.00. The van der Waals surface area contributed by atoms with Crippen molar-refractivity contribution in [2.45, 2.75) is 56.6 Å². The Labute approximate surface area is 91.2 Å². The van der Waals surface area contributed by atoms with Gasteiger partial charge >= 0.3 is 0 Å². The lowest BCUT2D eigenvalue weighted by molar-refractivity contribution is -0.0360. The lowest BCUT2D eigenvalue weighted by atomic mass is 10.0. The van der Waals surface area contributed by atoms with Crippen LogP contribution in [0.3, 0.4) is 0 Å². The van der Waals surface area contributed by atoms with E-state index in [4.69, 9.17) is 4.74 Å². The molecule has 2 heterocycles. The van der Waals surface area contributed by atoms with E-state index in [-0.39, 0.29) is 5.72 Å². The largest absolute Gasteiger partial charge is 0.357 e. The maximum absolute atomic E-state index is 5.93. The minimum absolute atomic E-state index is 0.0472. The van der Waals surface area contributed by atoms with Crippen molar-refractivity contribution in [2.24, 2.45) is 0 Å². The molecule has 2 saturated heterocycles. The highest BCUT2D eigenvalue weighted by atomic mass is 32.2. The molecule has 0 spiro atoms. The van der Waals surface area contributed by atoms with E-state index in [9.17, 15) is 0 Å². The zero-order valence-electron chi connectivity index (χ0n) is 9.21. The standard InChI is InChI=1S/C11H21NOS/c1-9-8-12-11(2,13-9)7-10-5-3-4-6-14-10/h9-10,12H,3-8H2,1-2H3. The normalized spacial score (nSPS) is 44.1. The van der Waals surface area contributed by atoms with E-state index in [0.717, 1.165) is 11.8 Å². The number of nitrogens with one attached hydrogen (secondary N) is 1. The molecule has 3 heteroatoms. The molecule has 3 unspecified atom stereocenters. The Hall–Kier alpha value is 0.270. The van der Waals surface area contributed by atoms with Crippen molar-refractivity contribution >= 4 is 11.8 Å². The molecule has 0 aromatic heterocycles. The summed E-state index contributed by atoms with van der Waals surface area (Å²) in [5.74, 6) is 1.34. The monoisotopic (exact) mass is 215 g/mol. The Morgan fingerprint density at radius 1 is 1.50 bits per heavy atom. The van der Waals surface area contributed by atoms with Crippen LogP contribution in [0, 0.1) is 0 Å². The molecule has 82 valence electrons. The smallest absolute Gasteiger partial charge is 0.117 e. The van der Waals surface area contributed by atoms with Gasteiger partial charge in [-0.15, -0.1) is 0 Å². The highest BCUT2D eigenvalue weighted by Crippen LogP contribution is 2.33. The third kappa shape index (κ3) is 2.65. The van der Waals surface area contributed by atoms with Crippen molar-refractivity contribution in [3.05, 3.63) is 0 Å². The van der Waals surface area contributed by atoms with Gasteiger partial charge in [0, 0.05) is 18.2 Å². The zero-order valence-corrected chi connectivity index (χ0v) is 10.0. The number of rotatable bonds is 2. The van der Waals surface area contributed by atoms with Crippen LogP contribution in [0.2, 0.25) is 0 Å². The van der Waals surface area contributed by atoms with Gasteiger partial charge in [0.25, 0.3) is 0 Å². The van der Waals surface area contributed by atoms with Gasteiger partial charge in [-0.05, 0) is 32.4 Å². The molecule has 2 fully saturated rings. The van der Waals surface area contributed by atoms with Crippen LogP contribution in [-0.4, -0.2) is 29.4 Å². The van der Waals surface area contributed by atoms with E-state index in [1.807, 2.05) is 0 Å². The van der Waals surface area contributed by atoms with Crippen molar-refractivity contribution in [3.8, 4) is 0 Å². The summed E-state index contributed by atoms with van der Waals surface area (Å²) in [6.45, 7) is 5.35. The molecule has 3 atom stereocenters. The topological polar surface area (TPSA) is 21.3 Å². The Morgan fingerprint density at radius 3 is 2.93 bits per heavy atom. The van der Waals surface area contributed by atoms with E-state index >= 15 is 0 Å². The fourth-order valence-electron chi connectivity index (χ4n) is 2.41. The predicted molar refractivity (Wildman–Crippen MR) is 61.7 cm³/mol. The lowest BCUT2D eigenvalue weighted by Gasteiger charge is -2.31. The van der Waals surface area contributed by atoms with E-state index in [1.165, 1.54) is 31.4 Å². The molecular formula is C11H21NOS. The van der Waals surface area contributed by atoms with Crippen LogP contribution >= 0.6 is 11.8 Å². The van der Waals surface area contributed by atoms with Crippen LogP contribution in [0.1, 0.15) is 39.5 Å². The van der Waals surface area contributed by atoms with Gasteiger partial charge in [0.1, 0.15) is 5.72 Å². The van der Waals surface area contributed by atoms with Crippen LogP contribution in [0.4, 0.5) is 0 Å². The maximum atomic E-state index is 5.93. The van der Waals surface area contributed by atoms with Crippen molar-refractivity contribution < 1.29 is 4.74 Å². The second-order valence-electron chi connectivity index (χ2n) is 4.73. The van der Waals surface area contributed by atoms with Gasteiger partial charge in [0.15, 0.2) is 0 Å². The molecule has 0 amide bonds. The lowest BCUT2D eigenvalue weighted by Crippen LogP contribution is -2.40. The quantitative estimate of drug-likeness (QED) is 0.764. The maximum Gasteiger partial charge on any atom is 0.117 e. The van der Waals surface area contributed by atoms with Gasteiger partial charge in [-0.3, -0.25) is 5.32 Å². The molecule has 2 aliphatic heterocycles. The van der Waals surface area contributed by atoms with Gasteiger partial charge in [-0.1, -0.05) is 6.42 Å². The second kappa shape index (κ2) is 4.42. The minimum atomic E-state index is -0.0472. The van der Waals surface area contributed by atoms with Gasteiger partial charge in [-0.25, -0.2) is 0 Å². The molecule has 0 saturated carbocycles. The van der Waals surface area contributed by atoms with E-state index < -0.39 is 0 Å². The molecular weight excluding hydrogens is 194 g/mol. The third-order valence-corrected chi connectivity index (χ3v) is 4.51. The summed E-state index contributed by atoms with van der Waals surface area (Å²) >= 11 is 2.13.